The second-order valence-electron chi connectivity index (χ2n) is 5.22. The highest BCUT2D eigenvalue weighted by Crippen LogP contribution is 2.34. The van der Waals surface area contributed by atoms with E-state index in [4.69, 9.17) is 4.74 Å². The van der Waals surface area contributed by atoms with Gasteiger partial charge in [-0.25, -0.2) is 4.99 Å². The average Bonchev–Trinajstić information content (AvgIpc) is 2.91. The first kappa shape index (κ1) is 16.1. The van der Waals surface area contributed by atoms with Crippen molar-refractivity contribution in [1.82, 2.24) is 5.32 Å². The maximum absolute atomic E-state index is 12.1. The number of nitrogens with one attached hydrogen (secondary N) is 1. The lowest BCUT2D eigenvalue weighted by molar-refractivity contribution is -0.115. The van der Waals surface area contributed by atoms with E-state index in [1.807, 2.05) is 31.2 Å². The Balaban J connectivity index is 1.86. The molecule has 2 N–H and O–H groups in total. The van der Waals surface area contributed by atoms with Crippen LogP contribution in [0, 0.1) is 6.92 Å². The van der Waals surface area contributed by atoms with Crippen LogP contribution in [0.5, 0.6) is 11.5 Å². The summed E-state index contributed by atoms with van der Waals surface area (Å²) < 4.78 is 5.08. The van der Waals surface area contributed by atoms with Gasteiger partial charge in [-0.05, 0) is 43.0 Å². The number of carbonyl (C=O) groups is 1. The van der Waals surface area contributed by atoms with Crippen LogP contribution in [0.2, 0.25) is 0 Å². The Morgan fingerprint density at radius 2 is 1.96 bits per heavy atom. The van der Waals surface area contributed by atoms with Gasteiger partial charge in [-0.1, -0.05) is 29.8 Å². The summed E-state index contributed by atoms with van der Waals surface area (Å²) in [5.74, 6) is 0.124. The maximum atomic E-state index is 12.1. The van der Waals surface area contributed by atoms with Gasteiger partial charge in [-0.15, -0.1) is 0 Å². The number of benzene rings is 2. The third-order valence-electron chi connectivity index (χ3n) is 3.45. The minimum atomic E-state index is -0.243. The Hall–Kier alpha value is -2.73. The molecule has 0 unspecified atom stereocenters. The van der Waals surface area contributed by atoms with Crippen LogP contribution in [-0.4, -0.2) is 23.3 Å². The molecule has 1 heterocycles. The second kappa shape index (κ2) is 6.80. The molecule has 0 radical (unpaired) electrons. The topological polar surface area (TPSA) is 70.9 Å². The number of aryl methyl sites for hydroxylation is 1. The van der Waals surface area contributed by atoms with Crippen molar-refractivity contribution in [1.29, 1.82) is 0 Å². The van der Waals surface area contributed by atoms with E-state index in [2.05, 4.69) is 10.3 Å². The zero-order valence-corrected chi connectivity index (χ0v) is 14.1. The van der Waals surface area contributed by atoms with Crippen LogP contribution in [-0.2, 0) is 4.79 Å². The van der Waals surface area contributed by atoms with Crippen LogP contribution in [0.1, 0.15) is 11.1 Å². The van der Waals surface area contributed by atoms with Crippen LogP contribution in [0.3, 0.4) is 0 Å². The van der Waals surface area contributed by atoms with Crippen molar-refractivity contribution in [2.75, 3.05) is 7.11 Å². The van der Waals surface area contributed by atoms with Gasteiger partial charge in [-0.3, -0.25) is 4.79 Å². The van der Waals surface area contributed by atoms with E-state index in [-0.39, 0.29) is 11.7 Å². The van der Waals surface area contributed by atoms with Crippen molar-refractivity contribution >= 4 is 34.6 Å². The summed E-state index contributed by atoms with van der Waals surface area (Å²) in [6.07, 6.45) is 1.62. The monoisotopic (exact) mass is 340 g/mol. The summed E-state index contributed by atoms with van der Waals surface area (Å²) in [5.41, 5.74) is 2.44. The Kier molecular flexibility index (Phi) is 4.57. The van der Waals surface area contributed by atoms with E-state index >= 15 is 0 Å². The van der Waals surface area contributed by atoms with Gasteiger partial charge in [0.2, 0.25) is 0 Å². The van der Waals surface area contributed by atoms with Gasteiger partial charge >= 0.3 is 0 Å². The van der Waals surface area contributed by atoms with Gasteiger partial charge in [0, 0.05) is 5.56 Å². The molecule has 0 spiro atoms. The molecule has 5 nitrogen and oxygen atoms in total. The lowest BCUT2D eigenvalue weighted by Crippen LogP contribution is -2.19. The first-order valence-electron chi connectivity index (χ1n) is 7.29. The summed E-state index contributed by atoms with van der Waals surface area (Å²) in [6, 6.07) is 12.8. The van der Waals surface area contributed by atoms with Crippen molar-refractivity contribution in [3.8, 4) is 11.5 Å². The number of rotatable bonds is 3. The number of aliphatic imine (C=N–C) groups is 1. The van der Waals surface area contributed by atoms with Crippen LogP contribution in [0.25, 0.3) is 6.08 Å². The highest BCUT2D eigenvalue weighted by molar-refractivity contribution is 8.18. The zero-order chi connectivity index (χ0) is 17.1. The van der Waals surface area contributed by atoms with E-state index in [0.717, 1.165) is 11.3 Å². The standard InChI is InChI=1S/C18H16N2O3S/c1-11-6-8-13(9-7-11)19-18-20-17(22)15(24-18)10-12-4-3-5-14(23-2)16(12)21/h3-10,21H,1-2H3,(H,19,20,22)/b15-10-. The summed E-state index contributed by atoms with van der Waals surface area (Å²) in [7, 11) is 1.48. The summed E-state index contributed by atoms with van der Waals surface area (Å²) >= 11 is 1.23. The highest BCUT2D eigenvalue weighted by atomic mass is 32.2. The van der Waals surface area contributed by atoms with Gasteiger partial charge in [0.1, 0.15) is 0 Å². The van der Waals surface area contributed by atoms with E-state index in [0.29, 0.717) is 21.4 Å². The fraction of sp³-hybridized carbons (Fsp3) is 0.111. The van der Waals surface area contributed by atoms with Crippen LogP contribution >= 0.6 is 11.8 Å². The van der Waals surface area contributed by atoms with Crippen molar-refractivity contribution in [2.24, 2.45) is 4.99 Å². The highest BCUT2D eigenvalue weighted by Gasteiger charge is 2.24. The Bertz CT molecular complexity index is 842. The number of amides is 1. The van der Waals surface area contributed by atoms with Gasteiger partial charge < -0.3 is 15.2 Å². The summed E-state index contributed by atoms with van der Waals surface area (Å²) in [5, 5.41) is 13.4. The largest absolute Gasteiger partial charge is 0.504 e. The number of aromatic hydroxyl groups is 1. The lowest BCUT2D eigenvalue weighted by atomic mass is 10.1. The van der Waals surface area contributed by atoms with E-state index in [9.17, 15) is 9.90 Å². The minimum absolute atomic E-state index is 0.00447. The van der Waals surface area contributed by atoms with Crippen LogP contribution < -0.4 is 10.1 Å². The van der Waals surface area contributed by atoms with Crippen LogP contribution in [0.4, 0.5) is 5.69 Å². The number of methoxy groups -OCH3 is 1. The normalized spacial score (nSPS) is 17.3. The third kappa shape index (κ3) is 3.44. The molecule has 3 rings (SSSR count). The number of thioether (sulfide) groups is 1. The summed E-state index contributed by atoms with van der Waals surface area (Å²) in [6.45, 7) is 2.00. The average molecular weight is 340 g/mol. The van der Waals surface area contributed by atoms with Crippen molar-refractivity contribution in [3.05, 3.63) is 58.5 Å². The van der Waals surface area contributed by atoms with Crippen LogP contribution in [0.15, 0.2) is 52.4 Å². The number of amidine groups is 1. The molecule has 1 fully saturated rings. The number of hydrogen-bond donors (Lipinski definition) is 2. The molecule has 1 saturated heterocycles. The number of para-hydroxylation sites is 1. The van der Waals surface area contributed by atoms with E-state index in [1.165, 1.54) is 18.9 Å². The molecule has 6 heteroatoms. The number of phenols is 1. The first-order chi connectivity index (χ1) is 11.6. The molecule has 0 aromatic heterocycles. The second-order valence-corrected chi connectivity index (χ2v) is 6.25. The molecule has 1 aliphatic rings. The number of phenolic OH excluding ortho intramolecular Hbond substituents is 1. The molecule has 1 amide bonds. The quantitative estimate of drug-likeness (QED) is 0.838. The van der Waals surface area contributed by atoms with Gasteiger partial charge in [-0.2, -0.15) is 0 Å². The fourth-order valence-corrected chi connectivity index (χ4v) is 3.01. The molecule has 1 aliphatic heterocycles. The van der Waals surface area contributed by atoms with E-state index in [1.54, 1.807) is 24.3 Å². The number of carbonyl (C=O) groups excluding carboxylic acids is 1. The van der Waals surface area contributed by atoms with E-state index < -0.39 is 0 Å². The molecular formula is C18H16N2O3S. The van der Waals surface area contributed by atoms with Crippen molar-refractivity contribution in [2.45, 2.75) is 6.92 Å². The van der Waals surface area contributed by atoms with Crippen molar-refractivity contribution in [3.63, 3.8) is 0 Å². The maximum Gasteiger partial charge on any atom is 0.264 e. The molecule has 0 bridgehead atoms. The van der Waals surface area contributed by atoms with Gasteiger partial charge in [0.25, 0.3) is 5.91 Å². The molecule has 122 valence electrons. The molecular weight excluding hydrogens is 324 g/mol. The first-order valence-corrected chi connectivity index (χ1v) is 8.10. The SMILES string of the molecule is COc1cccc(/C=C2\SC(=Nc3ccc(C)cc3)NC2=O)c1O. The predicted octanol–water partition coefficient (Wildman–Crippen LogP) is 3.60. The van der Waals surface area contributed by atoms with Gasteiger partial charge in [0.15, 0.2) is 16.7 Å². The Labute approximate surface area is 144 Å². The molecule has 0 atom stereocenters. The summed E-state index contributed by atoms with van der Waals surface area (Å²) in [4.78, 5) is 17.0. The fourth-order valence-electron chi connectivity index (χ4n) is 2.18. The Morgan fingerprint density at radius 1 is 1.21 bits per heavy atom. The minimum Gasteiger partial charge on any atom is -0.504 e. The molecule has 0 saturated carbocycles. The lowest BCUT2D eigenvalue weighted by Gasteiger charge is -2.05. The number of hydrogen-bond acceptors (Lipinski definition) is 5. The molecule has 2 aromatic carbocycles. The number of ether oxygens (including phenoxy) is 1. The molecule has 2 aromatic rings. The predicted molar refractivity (Wildman–Crippen MR) is 96.6 cm³/mol. The Morgan fingerprint density at radius 3 is 2.67 bits per heavy atom. The zero-order valence-electron chi connectivity index (χ0n) is 13.2. The molecule has 0 aliphatic carbocycles. The molecule has 24 heavy (non-hydrogen) atoms. The van der Waals surface area contributed by atoms with Crippen molar-refractivity contribution < 1.29 is 14.6 Å². The third-order valence-corrected chi connectivity index (χ3v) is 4.36. The smallest absolute Gasteiger partial charge is 0.264 e. The van der Waals surface area contributed by atoms with Gasteiger partial charge in [0.05, 0.1) is 17.7 Å². The number of nitrogens with zero attached hydrogens (tertiary/aromatic N) is 1.